The van der Waals surface area contributed by atoms with Crippen LogP contribution in [0, 0.1) is 0 Å². The highest BCUT2D eigenvalue weighted by atomic mass is 32.2. The molecule has 0 spiro atoms. The van der Waals surface area contributed by atoms with E-state index >= 15 is 0 Å². The smallest absolute Gasteiger partial charge is 0.371 e. The Morgan fingerprint density at radius 3 is 2.57 bits per heavy atom. The Kier molecular flexibility index (Phi) is 4.01. The van der Waals surface area contributed by atoms with Gasteiger partial charge < -0.3 is 14.6 Å². The first-order valence-corrected chi connectivity index (χ1v) is 7.32. The summed E-state index contributed by atoms with van der Waals surface area (Å²) in [5.74, 6) is -1.75. The molecule has 8 heteroatoms. The predicted molar refractivity (Wildman–Crippen MR) is 72.4 cm³/mol. The molecule has 1 aromatic carbocycles. The number of benzene rings is 1. The number of aromatic carboxylic acids is 1. The topological polar surface area (TPSA) is 108 Å². The van der Waals surface area contributed by atoms with Crippen LogP contribution in [0.3, 0.4) is 0 Å². The molecule has 0 saturated carbocycles. The highest BCUT2D eigenvalue weighted by molar-refractivity contribution is 7.88. The molecule has 0 atom stereocenters. The van der Waals surface area contributed by atoms with E-state index in [2.05, 4.69) is 0 Å². The molecule has 7 nitrogen and oxygen atoms in total. The molecule has 0 radical (unpaired) electrons. The molecule has 2 aromatic rings. The van der Waals surface area contributed by atoms with Crippen molar-refractivity contribution < 1.29 is 27.8 Å². The van der Waals surface area contributed by atoms with Crippen LogP contribution in [0.15, 0.2) is 45.9 Å². The monoisotopic (exact) mass is 311 g/mol. The van der Waals surface area contributed by atoms with E-state index in [1.54, 1.807) is 12.1 Å². The molecule has 21 heavy (non-hydrogen) atoms. The van der Waals surface area contributed by atoms with E-state index in [4.69, 9.17) is 9.52 Å². The van der Waals surface area contributed by atoms with Crippen molar-refractivity contribution in [1.82, 2.24) is 4.31 Å². The average molecular weight is 311 g/mol. The third-order valence-electron chi connectivity index (χ3n) is 2.77. The van der Waals surface area contributed by atoms with Crippen LogP contribution < -0.4 is 0 Å². The molecule has 0 fully saturated rings. The molecule has 0 bridgehead atoms. The lowest BCUT2D eigenvalue weighted by atomic mass is 10.2. The summed E-state index contributed by atoms with van der Waals surface area (Å²) >= 11 is 0. The fraction of sp³-hybridized carbons (Fsp3) is 0.154. The summed E-state index contributed by atoms with van der Waals surface area (Å²) in [5, 5.41) is 17.7. The molecule has 1 heterocycles. The second kappa shape index (κ2) is 5.58. The maximum absolute atomic E-state index is 12.2. The van der Waals surface area contributed by atoms with Gasteiger partial charge >= 0.3 is 5.97 Å². The van der Waals surface area contributed by atoms with Crippen molar-refractivity contribution in [3.63, 3.8) is 0 Å². The third-order valence-corrected chi connectivity index (χ3v) is 4.45. The molecule has 0 saturated heterocycles. The Bertz CT molecular complexity index is 764. The first-order valence-electron chi connectivity index (χ1n) is 5.88. The van der Waals surface area contributed by atoms with Gasteiger partial charge in [0.05, 0.1) is 0 Å². The summed E-state index contributed by atoms with van der Waals surface area (Å²) < 4.78 is 30.3. The Labute approximate surface area is 121 Å². The first kappa shape index (κ1) is 15.1. The van der Waals surface area contributed by atoms with E-state index in [1.807, 2.05) is 0 Å². The number of phenolic OH excluding ortho intramolecular Hbond substituents is 1. The van der Waals surface area contributed by atoms with E-state index in [-0.39, 0.29) is 12.3 Å². The Morgan fingerprint density at radius 1 is 1.29 bits per heavy atom. The molecular weight excluding hydrogens is 298 g/mol. The molecule has 0 amide bonds. The van der Waals surface area contributed by atoms with Crippen LogP contribution in [0.4, 0.5) is 0 Å². The van der Waals surface area contributed by atoms with Gasteiger partial charge in [-0.05, 0) is 29.8 Å². The van der Waals surface area contributed by atoms with E-state index in [0.717, 1.165) is 16.4 Å². The van der Waals surface area contributed by atoms with Gasteiger partial charge in [-0.1, -0.05) is 12.1 Å². The van der Waals surface area contributed by atoms with Crippen LogP contribution in [0.1, 0.15) is 16.1 Å². The van der Waals surface area contributed by atoms with E-state index in [9.17, 15) is 18.3 Å². The molecule has 2 N–H and O–H groups in total. The minimum Gasteiger partial charge on any atom is -0.508 e. The zero-order valence-corrected chi connectivity index (χ0v) is 11.9. The Balaban J connectivity index is 2.23. The number of hydrogen-bond donors (Lipinski definition) is 2. The normalized spacial score (nSPS) is 11.7. The van der Waals surface area contributed by atoms with Crippen molar-refractivity contribution in [2.45, 2.75) is 11.6 Å². The molecule has 2 rings (SSSR count). The number of sulfonamides is 1. The minimum atomic E-state index is -3.94. The highest BCUT2D eigenvalue weighted by Gasteiger charge is 2.26. The number of furan rings is 1. The van der Waals surface area contributed by atoms with Crippen LogP contribution in [0.2, 0.25) is 0 Å². The fourth-order valence-electron chi connectivity index (χ4n) is 1.72. The van der Waals surface area contributed by atoms with Crippen molar-refractivity contribution in [2.24, 2.45) is 0 Å². The predicted octanol–water partition coefficient (Wildman–Crippen LogP) is 1.50. The van der Waals surface area contributed by atoms with Crippen molar-refractivity contribution in [1.29, 1.82) is 0 Å². The van der Waals surface area contributed by atoms with E-state index < -0.39 is 26.8 Å². The van der Waals surface area contributed by atoms with Gasteiger partial charge in [-0.15, -0.1) is 0 Å². The second-order valence-electron chi connectivity index (χ2n) is 4.35. The molecular formula is C13H13NO6S. The first-order chi connectivity index (χ1) is 9.80. The van der Waals surface area contributed by atoms with Crippen molar-refractivity contribution in [2.75, 3.05) is 7.05 Å². The summed E-state index contributed by atoms with van der Waals surface area (Å²) in [5.41, 5.74) is 0.589. The number of nitrogens with zero attached hydrogens (tertiary/aromatic N) is 1. The van der Waals surface area contributed by atoms with Crippen LogP contribution in [-0.4, -0.2) is 36.0 Å². The van der Waals surface area contributed by atoms with Crippen molar-refractivity contribution >= 4 is 16.0 Å². The van der Waals surface area contributed by atoms with Crippen molar-refractivity contribution in [3.05, 3.63) is 47.7 Å². The number of carbonyl (C=O) groups is 1. The Hall–Kier alpha value is -2.32. The maximum atomic E-state index is 12.2. The third kappa shape index (κ3) is 3.23. The number of phenols is 1. The van der Waals surface area contributed by atoms with Crippen LogP contribution in [0.5, 0.6) is 5.75 Å². The van der Waals surface area contributed by atoms with E-state index in [0.29, 0.717) is 5.56 Å². The lowest BCUT2D eigenvalue weighted by Crippen LogP contribution is -2.26. The zero-order valence-electron chi connectivity index (χ0n) is 11.1. The lowest BCUT2D eigenvalue weighted by molar-refractivity contribution is 0.0656. The number of rotatable bonds is 5. The molecule has 1 aromatic heterocycles. The quantitative estimate of drug-likeness (QED) is 0.866. The van der Waals surface area contributed by atoms with Gasteiger partial charge in [-0.2, -0.15) is 4.31 Å². The second-order valence-corrected chi connectivity index (χ2v) is 6.33. The van der Waals surface area contributed by atoms with E-state index in [1.165, 1.54) is 19.2 Å². The van der Waals surface area contributed by atoms with Gasteiger partial charge in [0.15, 0.2) is 0 Å². The van der Waals surface area contributed by atoms with Gasteiger partial charge in [0.1, 0.15) is 5.75 Å². The van der Waals surface area contributed by atoms with Crippen LogP contribution >= 0.6 is 0 Å². The largest absolute Gasteiger partial charge is 0.508 e. The zero-order chi connectivity index (χ0) is 15.6. The highest BCUT2D eigenvalue weighted by Crippen LogP contribution is 2.20. The van der Waals surface area contributed by atoms with Gasteiger partial charge in [-0.3, -0.25) is 0 Å². The molecule has 0 aliphatic rings. The number of carboxylic acid groups (broad SMARTS) is 1. The summed E-state index contributed by atoms with van der Waals surface area (Å²) in [4.78, 5) is 10.7. The standard InChI is InChI=1S/C13H13NO6S/c1-14(8-9-3-2-4-10(15)7-9)21(18,19)12-6-5-11(20-12)13(16)17/h2-7,15H,8H2,1H3,(H,16,17). The number of carboxylic acids is 1. The maximum Gasteiger partial charge on any atom is 0.371 e. The summed E-state index contributed by atoms with van der Waals surface area (Å²) in [6, 6.07) is 8.35. The summed E-state index contributed by atoms with van der Waals surface area (Å²) in [6.07, 6.45) is 0. The molecule has 112 valence electrons. The molecule has 0 unspecified atom stereocenters. The summed E-state index contributed by atoms with van der Waals surface area (Å²) in [6.45, 7) is 0.0137. The van der Waals surface area contributed by atoms with Crippen LogP contribution in [0.25, 0.3) is 0 Å². The van der Waals surface area contributed by atoms with Gasteiger partial charge in [-0.25, -0.2) is 13.2 Å². The summed E-state index contributed by atoms with van der Waals surface area (Å²) in [7, 11) is -2.61. The Morgan fingerprint density at radius 2 is 2.00 bits per heavy atom. The van der Waals surface area contributed by atoms with Gasteiger partial charge in [0, 0.05) is 13.6 Å². The SMILES string of the molecule is CN(Cc1cccc(O)c1)S(=O)(=O)c1ccc(C(=O)O)o1. The fourth-order valence-corrected chi connectivity index (χ4v) is 2.79. The average Bonchev–Trinajstić information content (AvgIpc) is 2.89. The van der Waals surface area contributed by atoms with Crippen molar-refractivity contribution in [3.8, 4) is 5.75 Å². The van der Waals surface area contributed by atoms with Gasteiger partial charge in [0.25, 0.3) is 10.0 Å². The van der Waals surface area contributed by atoms with Crippen LogP contribution in [-0.2, 0) is 16.6 Å². The molecule has 0 aliphatic carbocycles. The van der Waals surface area contributed by atoms with Gasteiger partial charge in [0.2, 0.25) is 10.9 Å². The molecule has 0 aliphatic heterocycles. The lowest BCUT2D eigenvalue weighted by Gasteiger charge is -2.15. The number of aromatic hydroxyl groups is 1. The minimum absolute atomic E-state index is 0.0137. The number of hydrogen-bond acceptors (Lipinski definition) is 5.